The van der Waals surface area contributed by atoms with Crippen molar-refractivity contribution in [3.63, 3.8) is 0 Å². The zero-order valence-corrected chi connectivity index (χ0v) is 17.3. The Bertz CT molecular complexity index is 540. The number of ether oxygens (including phenoxy) is 1. The van der Waals surface area contributed by atoms with E-state index in [4.69, 9.17) is 4.74 Å². The minimum atomic E-state index is -0.954. The van der Waals surface area contributed by atoms with E-state index in [0.717, 1.165) is 50.9 Å². The van der Waals surface area contributed by atoms with Crippen LogP contribution in [0.4, 0.5) is 0 Å². The number of nitrogens with one attached hydrogen (secondary N) is 2. The SMILES string of the molecule is CCNC(=NCC(C)(O)c1ccsc1)NCC(C(C)C)N1CCOCC1. The Labute approximate surface area is 161 Å². The van der Waals surface area contributed by atoms with Crippen LogP contribution in [-0.4, -0.2) is 67.9 Å². The van der Waals surface area contributed by atoms with Gasteiger partial charge in [-0.25, -0.2) is 4.99 Å². The predicted octanol–water partition coefficient (Wildman–Crippen LogP) is 1.87. The molecule has 148 valence electrons. The lowest BCUT2D eigenvalue weighted by molar-refractivity contribution is 0.00750. The van der Waals surface area contributed by atoms with Crippen molar-refractivity contribution in [3.8, 4) is 0 Å². The van der Waals surface area contributed by atoms with E-state index in [2.05, 4.69) is 41.3 Å². The van der Waals surface area contributed by atoms with Crippen molar-refractivity contribution in [2.75, 3.05) is 45.9 Å². The van der Waals surface area contributed by atoms with Crippen molar-refractivity contribution < 1.29 is 9.84 Å². The fraction of sp³-hybridized carbons (Fsp3) is 0.737. The van der Waals surface area contributed by atoms with Crippen LogP contribution in [0, 0.1) is 5.92 Å². The maximum atomic E-state index is 10.7. The Morgan fingerprint density at radius 2 is 2.12 bits per heavy atom. The van der Waals surface area contributed by atoms with Gasteiger partial charge in [0.25, 0.3) is 0 Å². The molecule has 2 rings (SSSR count). The van der Waals surface area contributed by atoms with Crippen molar-refractivity contribution in [2.24, 2.45) is 10.9 Å². The summed E-state index contributed by atoms with van der Waals surface area (Å²) in [6, 6.07) is 2.38. The number of guanidine groups is 1. The molecule has 2 atom stereocenters. The lowest BCUT2D eigenvalue weighted by atomic mass is 10.00. The molecule has 0 bridgehead atoms. The molecule has 2 unspecified atom stereocenters. The molecule has 1 fully saturated rings. The average molecular weight is 383 g/mol. The summed E-state index contributed by atoms with van der Waals surface area (Å²) in [5, 5.41) is 21.4. The molecule has 0 amide bonds. The van der Waals surface area contributed by atoms with Gasteiger partial charge in [0.05, 0.1) is 19.8 Å². The molecule has 1 aromatic heterocycles. The van der Waals surface area contributed by atoms with Crippen LogP contribution in [0.1, 0.15) is 33.3 Å². The number of aliphatic imine (C=N–C) groups is 1. The van der Waals surface area contributed by atoms with Gasteiger partial charge in [-0.05, 0) is 42.2 Å². The number of rotatable bonds is 8. The summed E-state index contributed by atoms with van der Waals surface area (Å²) in [4.78, 5) is 7.12. The highest BCUT2D eigenvalue weighted by atomic mass is 32.1. The minimum absolute atomic E-state index is 0.322. The normalized spacial score (nSPS) is 20.0. The van der Waals surface area contributed by atoms with E-state index in [1.165, 1.54) is 0 Å². The Balaban J connectivity index is 1.97. The molecule has 6 nitrogen and oxygen atoms in total. The molecule has 0 saturated carbocycles. The number of nitrogens with zero attached hydrogens (tertiary/aromatic N) is 2. The lowest BCUT2D eigenvalue weighted by Crippen LogP contribution is -2.52. The molecule has 1 aliphatic rings. The summed E-state index contributed by atoms with van der Waals surface area (Å²) in [6.45, 7) is 13.9. The number of hydrogen-bond donors (Lipinski definition) is 3. The number of morpholine rings is 1. The van der Waals surface area contributed by atoms with Gasteiger partial charge < -0.3 is 20.5 Å². The highest BCUT2D eigenvalue weighted by molar-refractivity contribution is 7.08. The molecular formula is C19H34N4O2S. The highest BCUT2D eigenvalue weighted by Gasteiger charge is 2.25. The van der Waals surface area contributed by atoms with Gasteiger partial charge in [0.2, 0.25) is 0 Å². The van der Waals surface area contributed by atoms with E-state index in [-0.39, 0.29) is 0 Å². The summed E-state index contributed by atoms with van der Waals surface area (Å²) < 4.78 is 5.48. The van der Waals surface area contributed by atoms with E-state index < -0.39 is 5.60 Å². The molecule has 0 aromatic carbocycles. The molecular weight excluding hydrogens is 348 g/mol. The number of aliphatic hydroxyl groups is 1. The monoisotopic (exact) mass is 382 g/mol. The van der Waals surface area contributed by atoms with Gasteiger partial charge in [0.15, 0.2) is 5.96 Å². The van der Waals surface area contributed by atoms with Crippen LogP contribution < -0.4 is 10.6 Å². The molecule has 0 spiro atoms. The molecule has 0 aliphatic carbocycles. The standard InChI is InChI=1S/C19H34N4O2S/c1-5-20-18(22-14-19(4,24)16-6-11-26-13-16)21-12-17(15(2)3)23-7-9-25-10-8-23/h6,11,13,15,17,24H,5,7-10,12,14H2,1-4H3,(H2,20,21,22). The predicted molar refractivity (Wildman–Crippen MR) is 109 cm³/mol. The van der Waals surface area contributed by atoms with Crippen LogP contribution in [0.15, 0.2) is 21.8 Å². The number of thiophene rings is 1. The summed E-state index contributed by atoms with van der Waals surface area (Å²) in [5.41, 5.74) is -0.0419. The average Bonchev–Trinajstić information content (AvgIpc) is 3.16. The Hall–Kier alpha value is -1.15. The van der Waals surface area contributed by atoms with E-state index in [0.29, 0.717) is 18.5 Å². The van der Waals surface area contributed by atoms with Crippen LogP contribution in [0.3, 0.4) is 0 Å². The second-order valence-electron chi connectivity index (χ2n) is 7.32. The molecule has 1 aliphatic heterocycles. The van der Waals surface area contributed by atoms with Crippen LogP contribution in [0.2, 0.25) is 0 Å². The molecule has 2 heterocycles. The van der Waals surface area contributed by atoms with Crippen LogP contribution in [0.25, 0.3) is 0 Å². The first kappa shape index (κ1) is 21.2. The van der Waals surface area contributed by atoms with Gasteiger partial charge in [-0.3, -0.25) is 4.90 Å². The Kier molecular flexibility index (Phi) is 8.34. The highest BCUT2D eigenvalue weighted by Crippen LogP contribution is 2.23. The topological polar surface area (TPSA) is 69.1 Å². The second kappa shape index (κ2) is 10.3. The second-order valence-corrected chi connectivity index (χ2v) is 8.10. The van der Waals surface area contributed by atoms with Crippen LogP contribution >= 0.6 is 11.3 Å². The fourth-order valence-electron chi connectivity index (χ4n) is 3.13. The first-order chi connectivity index (χ1) is 12.4. The van der Waals surface area contributed by atoms with E-state index >= 15 is 0 Å². The molecule has 3 N–H and O–H groups in total. The maximum absolute atomic E-state index is 10.7. The maximum Gasteiger partial charge on any atom is 0.191 e. The quantitative estimate of drug-likeness (QED) is 0.473. The molecule has 26 heavy (non-hydrogen) atoms. The van der Waals surface area contributed by atoms with Crippen molar-refractivity contribution >= 4 is 17.3 Å². The van der Waals surface area contributed by atoms with Crippen molar-refractivity contribution in [3.05, 3.63) is 22.4 Å². The minimum Gasteiger partial charge on any atom is -0.383 e. The van der Waals surface area contributed by atoms with Crippen molar-refractivity contribution in [2.45, 2.75) is 39.3 Å². The van der Waals surface area contributed by atoms with Gasteiger partial charge >= 0.3 is 0 Å². The zero-order chi connectivity index (χ0) is 19.0. The summed E-state index contributed by atoms with van der Waals surface area (Å²) in [6.07, 6.45) is 0. The summed E-state index contributed by atoms with van der Waals surface area (Å²) in [5.74, 6) is 1.29. The van der Waals surface area contributed by atoms with Gasteiger partial charge in [0.1, 0.15) is 5.60 Å². The third-order valence-corrected chi connectivity index (χ3v) is 5.48. The van der Waals surface area contributed by atoms with Crippen molar-refractivity contribution in [1.29, 1.82) is 0 Å². The third kappa shape index (κ3) is 6.23. The smallest absolute Gasteiger partial charge is 0.191 e. The lowest BCUT2D eigenvalue weighted by Gasteiger charge is -2.37. The zero-order valence-electron chi connectivity index (χ0n) is 16.5. The molecule has 1 aromatic rings. The summed E-state index contributed by atoms with van der Waals surface area (Å²) >= 11 is 1.59. The Morgan fingerprint density at radius 1 is 1.38 bits per heavy atom. The van der Waals surface area contributed by atoms with Gasteiger partial charge in [0, 0.05) is 32.2 Å². The van der Waals surface area contributed by atoms with E-state index in [1.807, 2.05) is 23.8 Å². The van der Waals surface area contributed by atoms with E-state index in [9.17, 15) is 5.11 Å². The van der Waals surface area contributed by atoms with Crippen LogP contribution in [0.5, 0.6) is 0 Å². The first-order valence-electron chi connectivity index (χ1n) is 9.53. The Morgan fingerprint density at radius 3 is 2.69 bits per heavy atom. The fourth-order valence-corrected chi connectivity index (χ4v) is 3.92. The number of hydrogen-bond acceptors (Lipinski definition) is 5. The van der Waals surface area contributed by atoms with E-state index in [1.54, 1.807) is 11.3 Å². The molecule has 1 saturated heterocycles. The van der Waals surface area contributed by atoms with Gasteiger partial charge in [-0.2, -0.15) is 11.3 Å². The molecule has 0 radical (unpaired) electrons. The third-order valence-electron chi connectivity index (χ3n) is 4.80. The summed E-state index contributed by atoms with van der Waals surface area (Å²) in [7, 11) is 0. The first-order valence-corrected chi connectivity index (χ1v) is 10.5. The van der Waals surface area contributed by atoms with Crippen molar-refractivity contribution in [1.82, 2.24) is 15.5 Å². The largest absolute Gasteiger partial charge is 0.383 e. The van der Waals surface area contributed by atoms with Gasteiger partial charge in [-0.15, -0.1) is 0 Å². The molecule has 7 heteroatoms. The van der Waals surface area contributed by atoms with Crippen LogP contribution in [-0.2, 0) is 10.3 Å². The van der Waals surface area contributed by atoms with Gasteiger partial charge in [-0.1, -0.05) is 13.8 Å².